The highest BCUT2D eigenvalue weighted by Crippen LogP contribution is 2.68. The first-order chi connectivity index (χ1) is 20.9. The summed E-state index contributed by atoms with van der Waals surface area (Å²) in [6.45, 7) is -1.85. The van der Waals surface area contributed by atoms with Gasteiger partial charge in [0, 0.05) is 41.7 Å². The molecule has 236 valence electrons. The van der Waals surface area contributed by atoms with Crippen molar-refractivity contribution in [2.45, 2.75) is 60.7 Å². The lowest BCUT2D eigenvalue weighted by Gasteiger charge is -2.59. The molecular weight excluding hydrogens is 620 g/mol. The van der Waals surface area contributed by atoms with Gasteiger partial charge in [0.1, 0.15) is 17.3 Å². The first kappa shape index (κ1) is 31.1. The van der Waals surface area contributed by atoms with Crippen LogP contribution in [0.15, 0.2) is 36.4 Å². The summed E-state index contributed by atoms with van der Waals surface area (Å²) >= 11 is 12.5. The number of carbonyl (C=O) groups is 3. The van der Waals surface area contributed by atoms with E-state index in [2.05, 4.69) is 16.0 Å². The van der Waals surface area contributed by atoms with E-state index >= 15 is 4.39 Å². The number of hydrogen-bond acceptors (Lipinski definition) is 5. The third kappa shape index (κ3) is 4.53. The third-order valence-electron chi connectivity index (χ3n) is 9.86. The van der Waals surface area contributed by atoms with Crippen LogP contribution in [0.2, 0.25) is 10.0 Å². The molecule has 3 fully saturated rings. The minimum atomic E-state index is -1.64. The van der Waals surface area contributed by atoms with E-state index in [1.54, 1.807) is 32.3 Å². The molecule has 2 saturated heterocycles. The number of halogens is 5. The minimum Gasteiger partial charge on any atom is -0.366 e. The first-order valence-electron chi connectivity index (χ1n) is 14.5. The van der Waals surface area contributed by atoms with Crippen LogP contribution in [0.1, 0.15) is 42.7 Å². The lowest BCUT2D eigenvalue weighted by Crippen LogP contribution is -2.70. The molecule has 4 aliphatic rings. The molecular formula is C31H33Cl2F3N4O4. The quantitative estimate of drug-likeness (QED) is 0.433. The Hall–Kier alpha value is -2.86. The van der Waals surface area contributed by atoms with E-state index in [0.717, 1.165) is 0 Å². The maximum Gasteiger partial charge on any atom is 0.251 e. The van der Waals surface area contributed by atoms with Gasteiger partial charge in [0.2, 0.25) is 11.8 Å². The van der Waals surface area contributed by atoms with Crippen molar-refractivity contribution in [2.24, 2.45) is 5.41 Å². The molecule has 0 aromatic heterocycles. The molecule has 44 heavy (non-hydrogen) atoms. The van der Waals surface area contributed by atoms with Crippen molar-refractivity contribution in [3.05, 3.63) is 63.4 Å². The summed E-state index contributed by atoms with van der Waals surface area (Å²) in [7, 11) is 3.27. The van der Waals surface area contributed by atoms with Crippen LogP contribution in [0, 0.1) is 11.2 Å². The Morgan fingerprint density at radius 1 is 1.11 bits per heavy atom. The number of nitrogens with one attached hydrogen (secondary N) is 3. The SMILES string of the molecule is CN(C)C(=O)[C@@H]1CC[C@@H](NC(=O)[C@@H]2NC3(CC(CF)(CF)C3)[C@@]3(C(=O)Nc4cc(Cl)ccc43)[C@H]2c2cccc(Cl)c2F)CO1. The van der Waals surface area contributed by atoms with E-state index in [9.17, 15) is 23.2 Å². The zero-order valence-electron chi connectivity index (χ0n) is 24.2. The van der Waals surface area contributed by atoms with Crippen LogP contribution in [0.4, 0.5) is 18.9 Å². The lowest BCUT2D eigenvalue weighted by atomic mass is 9.46. The van der Waals surface area contributed by atoms with Crippen LogP contribution in [-0.4, -0.2) is 80.4 Å². The standard InChI is InChI=1S/C31H33Cl2F3N4O4/c1-40(2)27(42)22-9-7-17(11-44-22)37-26(41)25-23(18-4-3-5-20(33)24(18)36)31(30(39-25)12-29(13-30,14-34)15-35)19-8-6-16(32)10-21(19)38-28(31)43/h3-6,8,10,17,22-23,25,39H,7,9,11-15H2,1-2H3,(H,37,41)(H,38,43)/t17-,22+,23+,25-,31-/m1/s1. The highest BCUT2D eigenvalue weighted by molar-refractivity contribution is 6.31. The van der Waals surface area contributed by atoms with Crippen molar-refractivity contribution in [3.8, 4) is 0 Å². The number of hydrogen-bond donors (Lipinski definition) is 3. The van der Waals surface area contributed by atoms with Gasteiger partial charge in [-0.1, -0.05) is 41.4 Å². The van der Waals surface area contributed by atoms with Crippen molar-refractivity contribution in [1.82, 2.24) is 15.5 Å². The Labute approximate surface area is 263 Å². The Balaban J connectivity index is 1.44. The molecule has 1 aliphatic carbocycles. The summed E-state index contributed by atoms with van der Waals surface area (Å²) in [5.74, 6) is -3.19. The largest absolute Gasteiger partial charge is 0.366 e. The number of benzene rings is 2. The maximum absolute atomic E-state index is 16.0. The van der Waals surface area contributed by atoms with Crippen molar-refractivity contribution in [1.29, 1.82) is 0 Å². The molecule has 0 bridgehead atoms. The Morgan fingerprint density at radius 2 is 1.84 bits per heavy atom. The molecule has 13 heteroatoms. The van der Waals surface area contributed by atoms with Gasteiger partial charge in [-0.3, -0.25) is 28.5 Å². The Morgan fingerprint density at radius 3 is 2.48 bits per heavy atom. The summed E-state index contributed by atoms with van der Waals surface area (Å²) in [5.41, 5.74) is -3.44. The van der Waals surface area contributed by atoms with Gasteiger partial charge in [0.25, 0.3) is 5.91 Å². The predicted molar refractivity (Wildman–Crippen MR) is 159 cm³/mol. The van der Waals surface area contributed by atoms with Crippen molar-refractivity contribution >= 4 is 46.6 Å². The molecule has 0 radical (unpaired) electrons. The number of fused-ring (bicyclic) bond motifs is 3. The van der Waals surface area contributed by atoms with Gasteiger partial charge in [-0.25, -0.2) is 4.39 Å². The number of nitrogens with zero attached hydrogens (tertiary/aromatic N) is 1. The number of rotatable bonds is 6. The molecule has 2 aromatic rings. The third-order valence-corrected chi connectivity index (χ3v) is 10.4. The normalized spacial score (nSPS) is 29.7. The highest BCUT2D eigenvalue weighted by Gasteiger charge is 2.78. The average Bonchev–Trinajstić information content (AvgIpc) is 3.45. The molecule has 2 aromatic carbocycles. The molecule has 5 atom stereocenters. The number of anilines is 1. The molecule has 3 amide bonds. The number of amides is 3. The number of likely N-dealkylation sites (N-methyl/N-ethyl adjacent to an activating group) is 1. The van der Waals surface area contributed by atoms with E-state index in [4.69, 9.17) is 27.9 Å². The van der Waals surface area contributed by atoms with Gasteiger partial charge in [0.05, 0.1) is 37.1 Å². The molecule has 8 nitrogen and oxygen atoms in total. The van der Waals surface area contributed by atoms with Gasteiger partial charge in [0.15, 0.2) is 0 Å². The second-order valence-corrected chi connectivity index (χ2v) is 13.6. The predicted octanol–water partition coefficient (Wildman–Crippen LogP) is 4.29. The topological polar surface area (TPSA) is 99.8 Å². The Kier molecular flexibility index (Phi) is 7.92. The van der Waals surface area contributed by atoms with E-state index in [0.29, 0.717) is 29.1 Å². The minimum absolute atomic E-state index is 0.0227. The fourth-order valence-electron chi connectivity index (χ4n) is 8.00. The molecule has 3 heterocycles. The first-order valence-corrected chi connectivity index (χ1v) is 15.3. The van der Waals surface area contributed by atoms with Gasteiger partial charge in [-0.05, 0) is 55.0 Å². The second kappa shape index (κ2) is 11.2. The van der Waals surface area contributed by atoms with Gasteiger partial charge in [-0.2, -0.15) is 0 Å². The van der Waals surface area contributed by atoms with Crippen LogP contribution in [0.25, 0.3) is 0 Å². The molecule has 3 aliphatic heterocycles. The van der Waals surface area contributed by atoms with Crippen LogP contribution in [-0.2, 0) is 24.5 Å². The van der Waals surface area contributed by atoms with Gasteiger partial charge in [-0.15, -0.1) is 0 Å². The number of carbonyl (C=O) groups excluding carboxylic acids is 3. The monoisotopic (exact) mass is 652 g/mol. The lowest BCUT2D eigenvalue weighted by molar-refractivity contribution is -0.145. The van der Waals surface area contributed by atoms with E-state index in [-0.39, 0.29) is 35.9 Å². The molecule has 0 unspecified atom stereocenters. The number of ether oxygens (including phenoxy) is 1. The fourth-order valence-corrected chi connectivity index (χ4v) is 8.35. The summed E-state index contributed by atoms with van der Waals surface area (Å²) in [6, 6.07) is 7.53. The molecule has 3 N–H and O–H groups in total. The van der Waals surface area contributed by atoms with Gasteiger partial charge < -0.3 is 20.3 Å². The average molecular weight is 654 g/mol. The second-order valence-electron chi connectivity index (χ2n) is 12.7. The fraction of sp³-hybridized carbons (Fsp3) is 0.516. The van der Waals surface area contributed by atoms with Crippen LogP contribution in [0.3, 0.4) is 0 Å². The van der Waals surface area contributed by atoms with Crippen LogP contribution < -0.4 is 16.0 Å². The molecule has 2 spiro atoms. The summed E-state index contributed by atoms with van der Waals surface area (Å²) < 4.78 is 50.3. The Bertz CT molecular complexity index is 1510. The zero-order valence-corrected chi connectivity index (χ0v) is 25.7. The van der Waals surface area contributed by atoms with Gasteiger partial charge >= 0.3 is 0 Å². The van der Waals surface area contributed by atoms with Crippen molar-refractivity contribution in [3.63, 3.8) is 0 Å². The van der Waals surface area contributed by atoms with Crippen molar-refractivity contribution < 1.29 is 32.3 Å². The number of alkyl halides is 2. The van der Waals surface area contributed by atoms with E-state index in [1.807, 2.05) is 0 Å². The molecule has 6 rings (SSSR count). The zero-order chi connectivity index (χ0) is 31.6. The molecule has 1 saturated carbocycles. The summed E-state index contributed by atoms with van der Waals surface area (Å²) in [5, 5.41) is 9.30. The van der Waals surface area contributed by atoms with E-state index in [1.165, 1.54) is 23.1 Å². The smallest absolute Gasteiger partial charge is 0.251 e. The summed E-state index contributed by atoms with van der Waals surface area (Å²) in [4.78, 5) is 42.3. The highest BCUT2D eigenvalue weighted by atomic mass is 35.5. The maximum atomic E-state index is 16.0. The van der Waals surface area contributed by atoms with Crippen LogP contribution >= 0.6 is 23.2 Å². The van der Waals surface area contributed by atoms with Crippen molar-refractivity contribution in [2.75, 3.05) is 39.4 Å². The van der Waals surface area contributed by atoms with E-state index < -0.39 is 71.5 Å². The van der Waals surface area contributed by atoms with Crippen LogP contribution in [0.5, 0.6) is 0 Å². The summed E-state index contributed by atoms with van der Waals surface area (Å²) in [6.07, 6.45) is -0.00837.